The summed E-state index contributed by atoms with van der Waals surface area (Å²) in [7, 11) is 0. The fourth-order valence-corrected chi connectivity index (χ4v) is 1.32. The largest absolute Gasteiger partial charge is 0.464 e. The summed E-state index contributed by atoms with van der Waals surface area (Å²) in [5.41, 5.74) is 0.301. The van der Waals surface area contributed by atoms with E-state index in [-0.39, 0.29) is 6.61 Å². The normalized spacial score (nSPS) is 12.4. The molecule has 2 amide bonds. The van der Waals surface area contributed by atoms with Crippen LogP contribution in [0.5, 0.6) is 0 Å². The Kier molecular flexibility index (Phi) is 5.36. The minimum absolute atomic E-state index is 0.215. The third-order valence-electron chi connectivity index (χ3n) is 2.16. The summed E-state index contributed by atoms with van der Waals surface area (Å²) in [6.45, 7) is 1.16. The molecule has 0 aromatic heterocycles. The fraction of sp³-hybridized carbons (Fsp3) is 0.333. The van der Waals surface area contributed by atoms with Gasteiger partial charge in [0, 0.05) is 5.69 Å². The lowest BCUT2D eigenvalue weighted by Crippen LogP contribution is -2.52. The second-order valence-electron chi connectivity index (χ2n) is 3.69. The van der Waals surface area contributed by atoms with Crippen molar-refractivity contribution in [2.75, 3.05) is 11.9 Å². The van der Waals surface area contributed by atoms with Crippen LogP contribution in [-0.2, 0) is 9.53 Å². The summed E-state index contributed by atoms with van der Waals surface area (Å²) in [4.78, 5) is 22.6. The Morgan fingerprint density at radius 1 is 1.25 bits per heavy atom. The molecule has 0 aliphatic heterocycles. The Balaban J connectivity index is 2.70. The van der Waals surface area contributed by atoms with E-state index in [9.17, 15) is 22.8 Å². The lowest BCUT2D eigenvalue weighted by molar-refractivity contribution is -0.182. The van der Waals surface area contributed by atoms with E-state index in [1.165, 1.54) is 19.1 Å². The number of benzene rings is 1. The number of amides is 2. The third kappa shape index (κ3) is 4.79. The van der Waals surface area contributed by atoms with Gasteiger partial charge >= 0.3 is 18.2 Å². The van der Waals surface area contributed by atoms with Gasteiger partial charge in [0.1, 0.15) is 0 Å². The zero-order chi connectivity index (χ0) is 15.2. The van der Waals surface area contributed by atoms with Gasteiger partial charge in [0.05, 0.1) is 6.61 Å². The highest BCUT2D eigenvalue weighted by Gasteiger charge is 2.47. The fourth-order valence-electron chi connectivity index (χ4n) is 1.32. The number of esters is 1. The van der Waals surface area contributed by atoms with Gasteiger partial charge in [-0.3, -0.25) is 0 Å². The van der Waals surface area contributed by atoms with E-state index < -0.39 is 24.2 Å². The van der Waals surface area contributed by atoms with E-state index in [2.05, 4.69) is 10.1 Å². The minimum Gasteiger partial charge on any atom is -0.464 e. The number of carbonyl (C=O) groups excluding carboxylic acids is 2. The first kappa shape index (κ1) is 15.8. The Morgan fingerprint density at radius 2 is 1.85 bits per heavy atom. The molecule has 1 aromatic rings. The van der Waals surface area contributed by atoms with Gasteiger partial charge < -0.3 is 15.4 Å². The quantitative estimate of drug-likeness (QED) is 0.836. The Labute approximate surface area is 113 Å². The summed E-state index contributed by atoms with van der Waals surface area (Å²) < 4.78 is 42.2. The lowest BCUT2D eigenvalue weighted by Gasteiger charge is -2.20. The number of rotatable bonds is 4. The first-order valence-electron chi connectivity index (χ1n) is 5.70. The molecule has 0 radical (unpaired) electrons. The van der Waals surface area contributed by atoms with Crippen LogP contribution < -0.4 is 10.6 Å². The Morgan fingerprint density at radius 3 is 2.35 bits per heavy atom. The number of para-hydroxylation sites is 1. The third-order valence-corrected chi connectivity index (χ3v) is 2.16. The number of hydrogen-bond donors (Lipinski definition) is 2. The number of alkyl halides is 3. The number of urea groups is 1. The molecule has 0 saturated heterocycles. The number of hydrogen-bond acceptors (Lipinski definition) is 3. The van der Waals surface area contributed by atoms with Gasteiger partial charge in [-0.25, -0.2) is 9.59 Å². The van der Waals surface area contributed by atoms with Crippen LogP contribution in [0.25, 0.3) is 0 Å². The molecule has 1 unspecified atom stereocenters. The molecule has 0 fully saturated rings. The van der Waals surface area contributed by atoms with Crippen molar-refractivity contribution >= 4 is 17.7 Å². The summed E-state index contributed by atoms with van der Waals surface area (Å²) in [6, 6.07) is 4.02. The number of halogens is 3. The summed E-state index contributed by atoms with van der Waals surface area (Å²) in [5.74, 6) is -1.55. The second-order valence-corrected chi connectivity index (χ2v) is 3.69. The van der Waals surface area contributed by atoms with Crippen LogP contribution in [0.1, 0.15) is 6.92 Å². The minimum atomic E-state index is -4.93. The molecule has 0 aliphatic rings. The summed E-state index contributed by atoms with van der Waals surface area (Å²) >= 11 is 0. The molecule has 1 rings (SSSR count). The standard InChI is InChI=1S/C12H13F3N2O3/c1-2-20-10(18)9(12(13,14)15)17-11(19)16-8-6-4-3-5-7-8/h3-7,9H,2H2,1H3,(H2,16,17,19). The Bertz CT molecular complexity index is 463. The molecule has 1 aromatic carbocycles. The average Bonchev–Trinajstić information content (AvgIpc) is 2.36. The van der Waals surface area contributed by atoms with Crippen LogP contribution in [0.15, 0.2) is 30.3 Å². The van der Waals surface area contributed by atoms with Crippen molar-refractivity contribution in [2.24, 2.45) is 0 Å². The molecule has 0 heterocycles. The van der Waals surface area contributed by atoms with Crippen molar-refractivity contribution in [1.82, 2.24) is 5.32 Å². The van der Waals surface area contributed by atoms with E-state index >= 15 is 0 Å². The molecule has 5 nitrogen and oxygen atoms in total. The molecule has 1 atom stereocenters. The topological polar surface area (TPSA) is 67.4 Å². The molecule has 0 spiro atoms. The van der Waals surface area contributed by atoms with E-state index in [1.54, 1.807) is 23.5 Å². The van der Waals surface area contributed by atoms with Crippen LogP contribution in [0.3, 0.4) is 0 Å². The van der Waals surface area contributed by atoms with Crippen molar-refractivity contribution < 1.29 is 27.5 Å². The molecule has 0 saturated carbocycles. The van der Waals surface area contributed by atoms with E-state index in [0.29, 0.717) is 5.69 Å². The Hall–Kier alpha value is -2.25. The molecule has 20 heavy (non-hydrogen) atoms. The van der Waals surface area contributed by atoms with Crippen LogP contribution in [0, 0.1) is 0 Å². The van der Waals surface area contributed by atoms with Crippen LogP contribution in [0.2, 0.25) is 0 Å². The average molecular weight is 290 g/mol. The lowest BCUT2D eigenvalue weighted by atomic mass is 10.3. The molecular weight excluding hydrogens is 277 g/mol. The van der Waals surface area contributed by atoms with Gasteiger partial charge in [-0.15, -0.1) is 0 Å². The first-order valence-corrected chi connectivity index (χ1v) is 5.70. The van der Waals surface area contributed by atoms with Crippen molar-refractivity contribution in [3.8, 4) is 0 Å². The molecule has 110 valence electrons. The number of ether oxygens (including phenoxy) is 1. The number of anilines is 1. The maximum absolute atomic E-state index is 12.6. The van der Waals surface area contributed by atoms with E-state index in [0.717, 1.165) is 0 Å². The highest BCUT2D eigenvalue weighted by molar-refractivity contribution is 5.92. The highest BCUT2D eigenvalue weighted by Crippen LogP contribution is 2.21. The van der Waals surface area contributed by atoms with Crippen LogP contribution in [0.4, 0.5) is 23.7 Å². The van der Waals surface area contributed by atoms with Gasteiger partial charge in [0.2, 0.25) is 6.04 Å². The maximum atomic E-state index is 12.6. The van der Waals surface area contributed by atoms with E-state index in [4.69, 9.17) is 0 Å². The van der Waals surface area contributed by atoms with Gasteiger partial charge in [-0.05, 0) is 19.1 Å². The SMILES string of the molecule is CCOC(=O)C(NC(=O)Nc1ccccc1)C(F)(F)F. The van der Waals surface area contributed by atoms with Crippen molar-refractivity contribution in [3.63, 3.8) is 0 Å². The predicted molar refractivity (Wildman–Crippen MR) is 65.1 cm³/mol. The number of carbonyl (C=O) groups is 2. The van der Waals surface area contributed by atoms with E-state index in [1.807, 2.05) is 0 Å². The van der Waals surface area contributed by atoms with Crippen molar-refractivity contribution in [2.45, 2.75) is 19.1 Å². The van der Waals surface area contributed by atoms with Gasteiger partial charge in [-0.1, -0.05) is 18.2 Å². The predicted octanol–water partition coefficient (Wildman–Crippen LogP) is 2.30. The smallest absolute Gasteiger partial charge is 0.419 e. The molecule has 0 aliphatic carbocycles. The van der Waals surface area contributed by atoms with Gasteiger partial charge in [0.25, 0.3) is 0 Å². The van der Waals surface area contributed by atoms with Gasteiger partial charge in [-0.2, -0.15) is 13.2 Å². The molecule has 8 heteroatoms. The van der Waals surface area contributed by atoms with Crippen LogP contribution >= 0.6 is 0 Å². The van der Waals surface area contributed by atoms with Crippen molar-refractivity contribution in [1.29, 1.82) is 0 Å². The maximum Gasteiger partial charge on any atom is 0.419 e. The zero-order valence-electron chi connectivity index (χ0n) is 10.5. The summed E-state index contributed by atoms with van der Waals surface area (Å²) in [5, 5.41) is 3.72. The second kappa shape index (κ2) is 6.78. The molecule has 0 bridgehead atoms. The molecule has 2 N–H and O–H groups in total. The molecular formula is C12H13F3N2O3. The summed E-state index contributed by atoms with van der Waals surface area (Å²) in [6.07, 6.45) is -4.93. The zero-order valence-corrected chi connectivity index (χ0v) is 10.5. The van der Waals surface area contributed by atoms with Crippen LogP contribution in [-0.4, -0.2) is 30.8 Å². The monoisotopic (exact) mass is 290 g/mol. The van der Waals surface area contributed by atoms with Crippen molar-refractivity contribution in [3.05, 3.63) is 30.3 Å². The number of nitrogens with one attached hydrogen (secondary N) is 2. The van der Waals surface area contributed by atoms with Gasteiger partial charge in [0.15, 0.2) is 0 Å². The first-order chi connectivity index (χ1) is 9.34. The highest BCUT2D eigenvalue weighted by atomic mass is 19.4.